The number of nitrogens with zero attached hydrogens (tertiary/aromatic N) is 3. The molecule has 156 valence electrons. The summed E-state index contributed by atoms with van der Waals surface area (Å²) >= 11 is 0. The second-order valence-corrected chi connectivity index (χ2v) is 7.17. The first-order valence-corrected chi connectivity index (χ1v) is 9.62. The number of hydrogen-bond acceptors (Lipinski definition) is 4. The average Bonchev–Trinajstić information content (AvgIpc) is 3.31. The highest BCUT2D eigenvalue weighted by molar-refractivity contribution is 5.93. The van der Waals surface area contributed by atoms with Crippen LogP contribution in [-0.2, 0) is 17.8 Å². The third-order valence-electron chi connectivity index (χ3n) is 5.51. The van der Waals surface area contributed by atoms with Crippen molar-refractivity contribution in [3.63, 3.8) is 0 Å². The first kappa shape index (κ1) is 23.1. The van der Waals surface area contributed by atoms with Gasteiger partial charge in [-0.25, -0.2) is 4.98 Å². The number of imidazole rings is 1. The lowest BCUT2D eigenvalue weighted by atomic mass is 9.95. The largest absolute Gasteiger partial charge is 0.330 e. The molecule has 1 aromatic carbocycles. The fourth-order valence-electron chi connectivity index (χ4n) is 4.04. The quantitative estimate of drug-likeness (QED) is 0.615. The second kappa shape index (κ2) is 10.6. The van der Waals surface area contributed by atoms with Gasteiger partial charge in [-0.15, -0.1) is 24.8 Å². The molecule has 1 saturated carbocycles. The molecule has 2 heterocycles. The number of hydrogen-bond donors (Lipinski definition) is 2. The van der Waals surface area contributed by atoms with Gasteiger partial charge in [0.05, 0.1) is 11.0 Å². The Morgan fingerprint density at radius 1 is 1.14 bits per heavy atom. The summed E-state index contributed by atoms with van der Waals surface area (Å²) in [7, 11) is 0. The molecular weight excluding hydrogens is 409 g/mol. The highest BCUT2D eigenvalue weighted by Crippen LogP contribution is 2.32. The molecule has 4 rings (SSSR count). The van der Waals surface area contributed by atoms with E-state index < -0.39 is 0 Å². The van der Waals surface area contributed by atoms with Crippen LogP contribution < -0.4 is 11.1 Å². The smallest absolute Gasteiger partial charge is 0.230 e. The minimum Gasteiger partial charge on any atom is -0.330 e. The molecule has 0 radical (unpaired) electrons. The Labute approximate surface area is 183 Å². The molecule has 6 nitrogen and oxygen atoms in total. The Kier molecular flexibility index (Phi) is 8.44. The van der Waals surface area contributed by atoms with Crippen molar-refractivity contribution in [2.75, 3.05) is 11.9 Å². The van der Waals surface area contributed by atoms with Gasteiger partial charge in [0.15, 0.2) is 0 Å². The number of carbonyl (C=O) groups is 1. The van der Waals surface area contributed by atoms with Crippen molar-refractivity contribution in [1.29, 1.82) is 0 Å². The van der Waals surface area contributed by atoms with Gasteiger partial charge in [0, 0.05) is 30.8 Å². The Bertz CT molecular complexity index is 931. The molecular formula is C21H27Cl2N5O. The predicted octanol–water partition coefficient (Wildman–Crippen LogP) is 3.83. The van der Waals surface area contributed by atoms with E-state index in [0.29, 0.717) is 19.0 Å². The van der Waals surface area contributed by atoms with E-state index in [1.54, 1.807) is 6.20 Å². The van der Waals surface area contributed by atoms with Gasteiger partial charge < -0.3 is 10.3 Å². The number of para-hydroxylation sites is 2. The van der Waals surface area contributed by atoms with E-state index in [9.17, 15) is 4.79 Å². The summed E-state index contributed by atoms with van der Waals surface area (Å²) in [4.78, 5) is 21.9. The molecule has 1 amide bonds. The van der Waals surface area contributed by atoms with E-state index in [0.717, 1.165) is 42.4 Å². The van der Waals surface area contributed by atoms with Crippen molar-refractivity contribution in [2.24, 2.45) is 17.6 Å². The average molecular weight is 436 g/mol. The number of amides is 1. The molecule has 1 fully saturated rings. The predicted molar refractivity (Wildman–Crippen MR) is 121 cm³/mol. The zero-order valence-electron chi connectivity index (χ0n) is 16.2. The topological polar surface area (TPSA) is 85.8 Å². The van der Waals surface area contributed by atoms with E-state index in [2.05, 4.69) is 19.9 Å². The van der Waals surface area contributed by atoms with Crippen LogP contribution in [0.25, 0.3) is 11.0 Å². The molecule has 3 aromatic rings. The number of aromatic nitrogens is 3. The summed E-state index contributed by atoms with van der Waals surface area (Å²) in [5.74, 6) is 0.910. The van der Waals surface area contributed by atoms with Crippen LogP contribution in [0.15, 0.2) is 48.7 Å². The number of rotatable bonds is 6. The number of benzene rings is 1. The molecule has 0 spiro atoms. The van der Waals surface area contributed by atoms with Gasteiger partial charge in [0.2, 0.25) is 11.9 Å². The van der Waals surface area contributed by atoms with E-state index in [-0.39, 0.29) is 42.6 Å². The molecule has 1 aliphatic carbocycles. The third kappa shape index (κ3) is 5.07. The summed E-state index contributed by atoms with van der Waals surface area (Å²) in [6, 6.07) is 13.9. The van der Waals surface area contributed by atoms with Crippen LogP contribution in [0.5, 0.6) is 0 Å². The maximum atomic E-state index is 12.9. The SMILES string of the molecule is Cl.Cl.NC[C@H]1CCC[C@H]1C(=O)Nc1nc2ccccc2n1CCc1ccccn1. The van der Waals surface area contributed by atoms with Crippen LogP contribution in [0.2, 0.25) is 0 Å². The highest BCUT2D eigenvalue weighted by atomic mass is 35.5. The van der Waals surface area contributed by atoms with Crippen molar-refractivity contribution in [1.82, 2.24) is 14.5 Å². The van der Waals surface area contributed by atoms with Crippen molar-refractivity contribution >= 4 is 47.7 Å². The van der Waals surface area contributed by atoms with E-state index in [4.69, 9.17) is 5.73 Å². The highest BCUT2D eigenvalue weighted by Gasteiger charge is 2.32. The van der Waals surface area contributed by atoms with Gasteiger partial charge in [-0.2, -0.15) is 0 Å². The van der Waals surface area contributed by atoms with E-state index >= 15 is 0 Å². The molecule has 0 unspecified atom stereocenters. The molecule has 0 bridgehead atoms. The third-order valence-corrected chi connectivity index (χ3v) is 5.51. The summed E-state index contributed by atoms with van der Waals surface area (Å²) in [5.41, 5.74) is 8.77. The van der Waals surface area contributed by atoms with Gasteiger partial charge in [0.25, 0.3) is 0 Å². The second-order valence-electron chi connectivity index (χ2n) is 7.17. The summed E-state index contributed by atoms with van der Waals surface area (Å²) in [6.45, 7) is 1.27. The van der Waals surface area contributed by atoms with Crippen molar-refractivity contribution in [3.8, 4) is 0 Å². The van der Waals surface area contributed by atoms with E-state index in [1.165, 1.54) is 0 Å². The van der Waals surface area contributed by atoms with Crippen LogP contribution in [0, 0.1) is 11.8 Å². The number of halogens is 2. The van der Waals surface area contributed by atoms with Crippen LogP contribution >= 0.6 is 24.8 Å². The number of anilines is 1. The first-order valence-electron chi connectivity index (χ1n) is 9.62. The molecule has 0 aliphatic heterocycles. The minimum atomic E-state index is -0.0148. The number of pyridine rings is 1. The standard InChI is InChI=1S/C21H25N5O.2ClH/c22-14-15-6-5-8-17(15)20(27)25-21-24-18-9-1-2-10-19(18)26(21)13-11-16-7-3-4-12-23-16;;/h1-4,7,9-10,12,15,17H,5-6,8,11,13-14,22H2,(H,24,25,27);2*1H/t15-,17-;;/m1../s1. The summed E-state index contributed by atoms with van der Waals surface area (Å²) < 4.78 is 2.08. The Morgan fingerprint density at radius 3 is 2.69 bits per heavy atom. The Hall–Kier alpha value is -2.15. The van der Waals surface area contributed by atoms with E-state index in [1.807, 2.05) is 42.5 Å². The van der Waals surface area contributed by atoms with Crippen LogP contribution in [-0.4, -0.2) is 27.0 Å². The van der Waals surface area contributed by atoms with Crippen molar-refractivity contribution in [3.05, 3.63) is 54.4 Å². The zero-order chi connectivity index (χ0) is 18.6. The fourth-order valence-corrected chi connectivity index (χ4v) is 4.04. The number of aryl methyl sites for hydroxylation is 2. The van der Waals surface area contributed by atoms with Gasteiger partial charge in [-0.3, -0.25) is 15.1 Å². The fraction of sp³-hybridized carbons (Fsp3) is 0.381. The van der Waals surface area contributed by atoms with Crippen LogP contribution in [0.1, 0.15) is 25.0 Å². The number of carbonyl (C=O) groups excluding carboxylic acids is 1. The van der Waals surface area contributed by atoms with Gasteiger partial charge in [-0.1, -0.05) is 24.6 Å². The lowest BCUT2D eigenvalue weighted by molar-refractivity contribution is -0.120. The molecule has 8 heteroatoms. The lowest BCUT2D eigenvalue weighted by Gasteiger charge is -2.17. The van der Waals surface area contributed by atoms with Crippen molar-refractivity contribution < 1.29 is 4.79 Å². The maximum absolute atomic E-state index is 12.9. The zero-order valence-corrected chi connectivity index (χ0v) is 17.8. The Balaban J connectivity index is 0.00000150. The molecule has 29 heavy (non-hydrogen) atoms. The molecule has 0 saturated heterocycles. The number of nitrogens with one attached hydrogen (secondary N) is 1. The molecule has 1 aliphatic rings. The van der Waals surface area contributed by atoms with Crippen molar-refractivity contribution in [2.45, 2.75) is 32.2 Å². The van der Waals surface area contributed by atoms with Gasteiger partial charge >= 0.3 is 0 Å². The Morgan fingerprint density at radius 2 is 1.93 bits per heavy atom. The van der Waals surface area contributed by atoms with Crippen LogP contribution in [0.3, 0.4) is 0 Å². The van der Waals surface area contributed by atoms with Crippen LogP contribution in [0.4, 0.5) is 5.95 Å². The normalized spacial score (nSPS) is 18.1. The van der Waals surface area contributed by atoms with Gasteiger partial charge in [0.1, 0.15) is 0 Å². The minimum absolute atomic E-state index is 0. The monoisotopic (exact) mass is 435 g/mol. The molecule has 2 atom stereocenters. The summed E-state index contributed by atoms with van der Waals surface area (Å²) in [5, 5.41) is 3.08. The molecule has 2 aromatic heterocycles. The van der Waals surface area contributed by atoms with Gasteiger partial charge in [-0.05, 0) is 49.6 Å². The first-order chi connectivity index (χ1) is 13.3. The number of fused-ring (bicyclic) bond motifs is 1. The molecule has 3 N–H and O–H groups in total. The summed E-state index contributed by atoms with van der Waals surface area (Å²) in [6.07, 6.45) is 5.58. The number of nitrogens with two attached hydrogens (primary N) is 1. The maximum Gasteiger partial charge on any atom is 0.230 e. The lowest BCUT2D eigenvalue weighted by Crippen LogP contribution is -2.30.